The molecule has 4 rings (SSSR count). The number of hydrogen-bond donors (Lipinski definition) is 2. The van der Waals surface area contributed by atoms with Crippen molar-refractivity contribution < 1.29 is 18.3 Å². The molecule has 0 spiro atoms. The number of imidazole rings is 1. The molecule has 0 radical (unpaired) electrons. The van der Waals surface area contributed by atoms with Gasteiger partial charge in [-0.05, 0) is 52.2 Å². The van der Waals surface area contributed by atoms with Crippen LogP contribution in [0, 0.1) is 6.92 Å². The average Bonchev–Trinajstić information content (AvgIpc) is 3.39. The average molecular weight is 549 g/mol. The van der Waals surface area contributed by atoms with E-state index in [4.69, 9.17) is 4.74 Å². The van der Waals surface area contributed by atoms with Crippen LogP contribution in [0.1, 0.15) is 91.4 Å². The summed E-state index contributed by atoms with van der Waals surface area (Å²) in [5, 5.41) is 5.45. The highest BCUT2D eigenvalue weighted by molar-refractivity contribution is 5.66. The minimum atomic E-state index is -2.81. The van der Waals surface area contributed by atoms with Gasteiger partial charge in [0.2, 0.25) is 12.1 Å². The number of alkyl halides is 2. The van der Waals surface area contributed by atoms with Gasteiger partial charge in [0.1, 0.15) is 0 Å². The molecular formula is C29H46F2N6O2. The van der Waals surface area contributed by atoms with E-state index in [2.05, 4.69) is 39.4 Å². The molecule has 2 N–H and O–H groups in total. The molecule has 0 saturated heterocycles. The summed E-state index contributed by atoms with van der Waals surface area (Å²) in [6.07, 6.45) is 9.79. The fourth-order valence-electron chi connectivity index (χ4n) is 3.70. The first-order valence-electron chi connectivity index (χ1n) is 13.9. The lowest BCUT2D eigenvalue weighted by Crippen LogP contribution is -2.44. The van der Waals surface area contributed by atoms with E-state index in [0.29, 0.717) is 43.1 Å². The van der Waals surface area contributed by atoms with Crippen LogP contribution in [0.4, 0.5) is 8.78 Å². The van der Waals surface area contributed by atoms with E-state index in [1.807, 2.05) is 57.5 Å². The maximum Gasteiger partial charge on any atom is 0.262 e. The first-order chi connectivity index (χ1) is 18.7. The largest absolute Gasteiger partial charge is 0.475 e. The van der Waals surface area contributed by atoms with Crippen LogP contribution in [0.5, 0.6) is 5.88 Å². The van der Waals surface area contributed by atoms with Crippen molar-refractivity contribution in [1.82, 2.24) is 30.0 Å². The highest BCUT2D eigenvalue weighted by Crippen LogP contribution is 2.30. The predicted octanol–water partition coefficient (Wildman–Crippen LogP) is 6.53. The molecule has 39 heavy (non-hydrogen) atoms. The normalized spacial score (nSPS) is 18.2. The van der Waals surface area contributed by atoms with Crippen molar-refractivity contribution in [2.45, 2.75) is 99.1 Å². The summed E-state index contributed by atoms with van der Waals surface area (Å²) in [6, 6.07) is 0.623. The number of aryl methyl sites for hydroxylation is 1. The number of pyridine rings is 1. The van der Waals surface area contributed by atoms with E-state index in [-0.39, 0.29) is 12.5 Å². The third-order valence-electron chi connectivity index (χ3n) is 5.75. The van der Waals surface area contributed by atoms with Gasteiger partial charge in [-0.15, -0.1) is 0 Å². The SMILES string of the molecule is CC.CCC.CCNC=O.Cc1cnc2cc1-c1cn3ccnc3c(n1)OCCCCC(F)(F)C(C)NC2C. The molecule has 0 fully saturated rings. The monoisotopic (exact) mass is 548 g/mol. The van der Waals surface area contributed by atoms with Crippen LogP contribution in [0.25, 0.3) is 16.9 Å². The Kier molecular flexibility index (Phi) is 15.2. The number of nitrogens with zero attached hydrogens (tertiary/aromatic N) is 4. The molecular weight excluding hydrogens is 502 g/mol. The molecule has 10 heteroatoms. The highest BCUT2D eigenvalue weighted by atomic mass is 19.3. The van der Waals surface area contributed by atoms with E-state index < -0.39 is 12.0 Å². The molecule has 3 aromatic heterocycles. The van der Waals surface area contributed by atoms with E-state index in [1.54, 1.807) is 12.4 Å². The van der Waals surface area contributed by atoms with E-state index >= 15 is 0 Å². The second-order valence-corrected chi connectivity index (χ2v) is 9.07. The Morgan fingerprint density at radius 3 is 2.51 bits per heavy atom. The summed E-state index contributed by atoms with van der Waals surface area (Å²) in [5.74, 6) is -2.40. The predicted molar refractivity (Wildman–Crippen MR) is 153 cm³/mol. The van der Waals surface area contributed by atoms with Crippen molar-refractivity contribution in [3.63, 3.8) is 0 Å². The van der Waals surface area contributed by atoms with Gasteiger partial charge in [0.05, 0.1) is 24.0 Å². The summed E-state index contributed by atoms with van der Waals surface area (Å²) >= 11 is 0. The fourth-order valence-corrected chi connectivity index (χ4v) is 3.70. The number of fused-ring (bicyclic) bond motifs is 7. The molecule has 8 nitrogen and oxygen atoms in total. The van der Waals surface area contributed by atoms with Crippen molar-refractivity contribution in [1.29, 1.82) is 0 Å². The summed E-state index contributed by atoms with van der Waals surface area (Å²) in [4.78, 5) is 22.8. The third kappa shape index (κ3) is 10.2. The molecule has 0 saturated carbocycles. The number of amides is 1. The van der Waals surface area contributed by atoms with Gasteiger partial charge in [-0.25, -0.2) is 18.7 Å². The Morgan fingerprint density at radius 1 is 1.21 bits per heavy atom. The van der Waals surface area contributed by atoms with Gasteiger partial charge in [0.15, 0.2) is 0 Å². The summed E-state index contributed by atoms with van der Waals surface area (Å²) in [6.45, 7) is 16.5. The molecule has 1 amide bonds. The smallest absolute Gasteiger partial charge is 0.262 e. The fraction of sp³-hybridized carbons (Fsp3) is 0.586. The van der Waals surface area contributed by atoms with Crippen LogP contribution >= 0.6 is 0 Å². The molecule has 1 aliphatic rings. The van der Waals surface area contributed by atoms with Crippen LogP contribution in [0.15, 0.2) is 30.9 Å². The Bertz CT molecular complexity index is 1120. The zero-order valence-electron chi connectivity index (χ0n) is 24.7. The van der Waals surface area contributed by atoms with E-state index in [1.165, 1.54) is 13.3 Å². The van der Waals surface area contributed by atoms with Crippen LogP contribution in [0.2, 0.25) is 0 Å². The lowest BCUT2D eigenvalue weighted by Gasteiger charge is -2.27. The van der Waals surface area contributed by atoms with Crippen molar-refractivity contribution in [3.8, 4) is 17.1 Å². The van der Waals surface area contributed by atoms with Gasteiger partial charge in [0, 0.05) is 49.4 Å². The molecule has 218 valence electrons. The Hall–Kier alpha value is -3.14. The Morgan fingerprint density at radius 2 is 1.90 bits per heavy atom. The third-order valence-corrected chi connectivity index (χ3v) is 5.75. The number of carbonyl (C=O) groups excluding carboxylic acids is 1. The molecule has 1 aliphatic heterocycles. The first-order valence-corrected chi connectivity index (χ1v) is 13.9. The zero-order chi connectivity index (χ0) is 29.4. The van der Waals surface area contributed by atoms with Crippen molar-refractivity contribution in [2.75, 3.05) is 13.2 Å². The molecule has 4 heterocycles. The quantitative estimate of drug-likeness (QED) is 0.354. The Labute approximate surface area is 232 Å². The zero-order valence-corrected chi connectivity index (χ0v) is 24.7. The lowest BCUT2D eigenvalue weighted by molar-refractivity contribution is -0.109. The summed E-state index contributed by atoms with van der Waals surface area (Å²) < 4.78 is 36.8. The number of hydrogen-bond acceptors (Lipinski definition) is 6. The summed E-state index contributed by atoms with van der Waals surface area (Å²) in [5.41, 5.74) is 3.86. The molecule has 2 unspecified atom stereocenters. The number of carbonyl (C=O) groups is 1. The molecule has 2 atom stereocenters. The van der Waals surface area contributed by atoms with Gasteiger partial charge in [-0.2, -0.15) is 0 Å². The van der Waals surface area contributed by atoms with Crippen LogP contribution in [0.3, 0.4) is 0 Å². The van der Waals surface area contributed by atoms with E-state index in [9.17, 15) is 13.6 Å². The van der Waals surface area contributed by atoms with E-state index in [0.717, 1.165) is 23.4 Å². The topological polar surface area (TPSA) is 93.4 Å². The molecule has 0 aliphatic carbocycles. The number of halogens is 2. The lowest BCUT2D eigenvalue weighted by atomic mass is 10.0. The minimum absolute atomic E-state index is 0.198. The Balaban J connectivity index is 0.000000663. The highest BCUT2D eigenvalue weighted by Gasteiger charge is 2.36. The maximum atomic E-state index is 14.6. The number of rotatable bonds is 2. The standard InChI is InChI=1S/C21H25F2N5O.C3H7NO.C3H8.C2H6/c1-13-11-25-17-10-16(13)18-12-28-8-7-24-19(28)20(27-18)29-9-5-4-6-21(22,23)15(3)26-14(17)2;1-2-4-3-5;1-3-2;1-2/h7-8,10-12,14-15,26H,4-6,9H2,1-3H3;3H,2H2,1H3,(H,4,5);3H2,1-2H3;1-2H3. The molecule has 3 aromatic rings. The van der Waals surface area contributed by atoms with Crippen molar-refractivity contribution >= 4 is 12.1 Å². The first kappa shape index (κ1) is 33.9. The van der Waals surface area contributed by atoms with Gasteiger partial charge >= 0.3 is 0 Å². The molecule has 4 bridgehead atoms. The second-order valence-electron chi connectivity index (χ2n) is 9.07. The van der Waals surface area contributed by atoms with Crippen LogP contribution in [-0.4, -0.2) is 50.9 Å². The summed E-state index contributed by atoms with van der Waals surface area (Å²) in [7, 11) is 0. The van der Waals surface area contributed by atoms with Crippen molar-refractivity contribution in [3.05, 3.63) is 42.1 Å². The second kappa shape index (κ2) is 17.4. The number of aromatic nitrogens is 4. The van der Waals surface area contributed by atoms with Gasteiger partial charge in [-0.1, -0.05) is 34.1 Å². The number of ether oxygens (including phenoxy) is 1. The minimum Gasteiger partial charge on any atom is -0.475 e. The number of nitrogens with one attached hydrogen (secondary N) is 2. The van der Waals surface area contributed by atoms with Crippen LogP contribution in [-0.2, 0) is 4.79 Å². The molecule has 0 aromatic carbocycles. The van der Waals surface area contributed by atoms with Gasteiger partial charge in [-0.3, -0.25) is 9.78 Å². The van der Waals surface area contributed by atoms with Gasteiger partial charge < -0.3 is 19.8 Å². The van der Waals surface area contributed by atoms with Gasteiger partial charge in [0.25, 0.3) is 11.8 Å². The van der Waals surface area contributed by atoms with Crippen molar-refractivity contribution in [2.24, 2.45) is 0 Å². The maximum absolute atomic E-state index is 14.6. The van der Waals surface area contributed by atoms with Crippen LogP contribution < -0.4 is 15.4 Å².